The number of rotatable bonds is 5. The predicted molar refractivity (Wildman–Crippen MR) is 84.7 cm³/mol. The Morgan fingerprint density at radius 1 is 1.25 bits per heavy atom. The Hall–Kier alpha value is -1.12. The van der Waals surface area contributed by atoms with Gasteiger partial charge < -0.3 is 5.32 Å². The van der Waals surface area contributed by atoms with Crippen LogP contribution in [0.25, 0.3) is 0 Å². The minimum absolute atomic E-state index is 0.538. The Morgan fingerprint density at radius 3 is 2.75 bits per heavy atom. The first-order chi connectivity index (χ1) is 9.88. The summed E-state index contributed by atoms with van der Waals surface area (Å²) in [6.07, 6.45) is 8.47. The molecule has 0 radical (unpaired) electrons. The van der Waals surface area contributed by atoms with Crippen LogP contribution in [0.2, 0.25) is 0 Å². The van der Waals surface area contributed by atoms with Crippen molar-refractivity contribution in [2.24, 2.45) is 5.92 Å². The van der Waals surface area contributed by atoms with Crippen LogP contribution in [0.1, 0.15) is 37.8 Å². The first-order valence-corrected chi connectivity index (χ1v) is 8.02. The van der Waals surface area contributed by atoms with Crippen LogP contribution >= 0.6 is 0 Å². The highest BCUT2D eigenvalue weighted by molar-refractivity contribution is 5.20. The topological polar surface area (TPSA) is 15.3 Å². The molecule has 0 bridgehead atoms. The number of allylic oxidation sites excluding steroid dienone is 1. The molecule has 2 heteroatoms. The Morgan fingerprint density at radius 2 is 2.05 bits per heavy atom. The zero-order chi connectivity index (χ0) is 13.8. The van der Waals surface area contributed by atoms with Gasteiger partial charge in [0.25, 0.3) is 0 Å². The smallest absolute Gasteiger partial charge is 0.0473 e. The van der Waals surface area contributed by atoms with E-state index >= 15 is 0 Å². The van der Waals surface area contributed by atoms with Crippen LogP contribution in [-0.2, 0) is 0 Å². The highest BCUT2D eigenvalue weighted by Crippen LogP contribution is 2.36. The Kier molecular flexibility index (Phi) is 4.54. The normalized spacial score (nSPS) is 28.1. The van der Waals surface area contributed by atoms with Crippen LogP contribution in [0.15, 0.2) is 42.5 Å². The zero-order valence-electron chi connectivity index (χ0n) is 12.5. The predicted octanol–water partition coefficient (Wildman–Crippen LogP) is 3.38. The van der Waals surface area contributed by atoms with Gasteiger partial charge in [-0.2, -0.15) is 0 Å². The van der Waals surface area contributed by atoms with E-state index in [9.17, 15) is 0 Å². The number of nitrogens with one attached hydrogen (secondary N) is 1. The molecule has 20 heavy (non-hydrogen) atoms. The van der Waals surface area contributed by atoms with Crippen LogP contribution in [0, 0.1) is 5.92 Å². The van der Waals surface area contributed by atoms with Gasteiger partial charge in [0.1, 0.15) is 0 Å². The lowest BCUT2D eigenvalue weighted by atomic mass is 9.99. The molecule has 1 saturated heterocycles. The molecule has 1 saturated carbocycles. The van der Waals surface area contributed by atoms with Crippen molar-refractivity contribution in [3.63, 3.8) is 0 Å². The molecule has 2 unspecified atom stereocenters. The van der Waals surface area contributed by atoms with E-state index in [-0.39, 0.29) is 0 Å². The second-order valence-electron chi connectivity index (χ2n) is 6.13. The number of nitrogens with zero attached hydrogens (tertiary/aromatic N) is 1. The van der Waals surface area contributed by atoms with E-state index in [0.29, 0.717) is 6.04 Å². The summed E-state index contributed by atoms with van der Waals surface area (Å²) in [4.78, 5) is 2.69. The first-order valence-electron chi connectivity index (χ1n) is 8.02. The van der Waals surface area contributed by atoms with Crippen LogP contribution in [0.3, 0.4) is 0 Å². The largest absolute Gasteiger partial charge is 0.311 e. The maximum atomic E-state index is 3.79. The van der Waals surface area contributed by atoms with Gasteiger partial charge in [0.05, 0.1) is 0 Å². The standard InChI is InChI=1S/C18H26N2/c1-2-3-7-12-20-14-17(15-10-11-15)19-13-18(20)16-8-5-4-6-9-16/h2-6,8-9,15,17-19H,7,10-14H2,1H3/b3-2+. The number of benzene rings is 1. The van der Waals surface area contributed by atoms with E-state index in [4.69, 9.17) is 0 Å². The van der Waals surface area contributed by atoms with E-state index in [1.807, 2.05) is 0 Å². The fourth-order valence-corrected chi connectivity index (χ4v) is 3.31. The summed E-state index contributed by atoms with van der Waals surface area (Å²) in [6, 6.07) is 12.2. The third kappa shape index (κ3) is 3.31. The van der Waals surface area contributed by atoms with Crippen LogP contribution in [0.4, 0.5) is 0 Å². The first kappa shape index (κ1) is 13.8. The zero-order valence-corrected chi connectivity index (χ0v) is 12.5. The number of piperazine rings is 1. The molecule has 1 aromatic carbocycles. The lowest BCUT2D eigenvalue weighted by Gasteiger charge is -2.41. The van der Waals surface area contributed by atoms with Crippen molar-refractivity contribution in [2.75, 3.05) is 19.6 Å². The summed E-state index contributed by atoms with van der Waals surface area (Å²) in [5.74, 6) is 0.941. The minimum Gasteiger partial charge on any atom is -0.311 e. The summed E-state index contributed by atoms with van der Waals surface area (Å²) in [5, 5.41) is 3.79. The van der Waals surface area contributed by atoms with E-state index < -0.39 is 0 Å². The molecule has 2 atom stereocenters. The Labute approximate surface area is 122 Å². The molecule has 0 spiro atoms. The molecule has 1 aromatic rings. The summed E-state index contributed by atoms with van der Waals surface area (Å²) < 4.78 is 0. The van der Waals surface area contributed by atoms with Gasteiger partial charge in [-0.15, -0.1) is 0 Å². The highest BCUT2D eigenvalue weighted by atomic mass is 15.2. The van der Waals surface area contributed by atoms with Crippen molar-refractivity contribution in [1.29, 1.82) is 0 Å². The van der Waals surface area contributed by atoms with Crippen molar-refractivity contribution in [2.45, 2.75) is 38.3 Å². The van der Waals surface area contributed by atoms with Crippen LogP contribution in [0.5, 0.6) is 0 Å². The molecule has 1 aliphatic carbocycles. The minimum atomic E-state index is 0.538. The van der Waals surface area contributed by atoms with Crippen molar-refractivity contribution < 1.29 is 0 Å². The van der Waals surface area contributed by atoms with Gasteiger partial charge >= 0.3 is 0 Å². The van der Waals surface area contributed by atoms with Crippen molar-refractivity contribution >= 4 is 0 Å². The molecule has 0 aromatic heterocycles. The fourth-order valence-electron chi connectivity index (χ4n) is 3.31. The maximum Gasteiger partial charge on any atom is 0.0473 e. The summed E-state index contributed by atoms with van der Waals surface area (Å²) in [6.45, 7) is 5.59. The molecule has 1 aliphatic heterocycles. The van der Waals surface area contributed by atoms with Crippen molar-refractivity contribution in [3.8, 4) is 0 Å². The number of hydrogen-bond donors (Lipinski definition) is 1. The second kappa shape index (κ2) is 6.55. The van der Waals surface area contributed by atoms with E-state index in [1.54, 1.807) is 0 Å². The molecule has 2 aliphatic rings. The van der Waals surface area contributed by atoms with Crippen LogP contribution in [-0.4, -0.2) is 30.6 Å². The third-order valence-electron chi connectivity index (χ3n) is 4.64. The molecular formula is C18H26N2. The van der Waals surface area contributed by atoms with Gasteiger partial charge in [0.15, 0.2) is 0 Å². The summed E-state index contributed by atoms with van der Waals surface area (Å²) in [5.41, 5.74) is 1.45. The van der Waals surface area contributed by atoms with E-state index in [0.717, 1.165) is 24.9 Å². The Balaban J connectivity index is 1.69. The second-order valence-corrected chi connectivity index (χ2v) is 6.13. The molecule has 3 rings (SSSR count). The third-order valence-corrected chi connectivity index (χ3v) is 4.64. The lowest BCUT2D eigenvalue weighted by Crippen LogP contribution is -2.53. The lowest BCUT2D eigenvalue weighted by molar-refractivity contribution is 0.124. The van der Waals surface area contributed by atoms with E-state index in [1.165, 1.54) is 31.5 Å². The summed E-state index contributed by atoms with van der Waals surface area (Å²) in [7, 11) is 0. The van der Waals surface area contributed by atoms with Gasteiger partial charge in [-0.25, -0.2) is 0 Å². The summed E-state index contributed by atoms with van der Waals surface area (Å²) >= 11 is 0. The van der Waals surface area contributed by atoms with Gasteiger partial charge in [-0.05, 0) is 37.7 Å². The molecule has 108 valence electrons. The monoisotopic (exact) mass is 270 g/mol. The average Bonchev–Trinajstić information content (AvgIpc) is 3.33. The fraction of sp³-hybridized carbons (Fsp3) is 0.556. The van der Waals surface area contributed by atoms with Gasteiger partial charge in [-0.3, -0.25) is 4.90 Å². The molecule has 2 nitrogen and oxygen atoms in total. The van der Waals surface area contributed by atoms with Gasteiger partial charge in [0.2, 0.25) is 0 Å². The SMILES string of the molecule is C/C=C/CCN1CC(C2CC2)NCC1c1ccccc1. The quantitative estimate of drug-likeness (QED) is 0.825. The average molecular weight is 270 g/mol. The molecular weight excluding hydrogens is 244 g/mol. The number of hydrogen-bond acceptors (Lipinski definition) is 2. The van der Waals surface area contributed by atoms with Gasteiger partial charge in [0, 0.05) is 31.7 Å². The molecule has 1 N–H and O–H groups in total. The van der Waals surface area contributed by atoms with Crippen LogP contribution < -0.4 is 5.32 Å². The van der Waals surface area contributed by atoms with Crippen molar-refractivity contribution in [3.05, 3.63) is 48.0 Å². The Bertz CT molecular complexity index is 436. The van der Waals surface area contributed by atoms with E-state index in [2.05, 4.69) is 59.6 Å². The highest BCUT2D eigenvalue weighted by Gasteiger charge is 2.37. The molecule has 0 amide bonds. The maximum absolute atomic E-state index is 3.79. The molecule has 2 fully saturated rings. The van der Waals surface area contributed by atoms with Crippen molar-refractivity contribution in [1.82, 2.24) is 10.2 Å². The van der Waals surface area contributed by atoms with Gasteiger partial charge in [-0.1, -0.05) is 42.5 Å². The molecule has 1 heterocycles.